The first-order valence-corrected chi connectivity index (χ1v) is 9.31. The van der Waals surface area contributed by atoms with Crippen LogP contribution in [0, 0.1) is 5.92 Å². The average molecular weight is 358 g/mol. The van der Waals surface area contributed by atoms with Gasteiger partial charge in [0, 0.05) is 13.0 Å². The highest BCUT2D eigenvalue weighted by Crippen LogP contribution is 2.41. The Bertz CT molecular complexity index is 261. The van der Waals surface area contributed by atoms with E-state index in [9.17, 15) is 0 Å². The molecule has 0 fully saturated rings. The minimum absolute atomic E-state index is 0.108. The van der Waals surface area contributed by atoms with Crippen molar-refractivity contribution in [2.24, 2.45) is 5.92 Å². The molecule has 1 nitrogen and oxygen atoms in total. The second-order valence-electron chi connectivity index (χ2n) is 5.67. The molecular weight excluding hydrogens is 327 g/mol. The van der Waals surface area contributed by atoms with Crippen LogP contribution >= 0.6 is 34.8 Å². The summed E-state index contributed by atoms with van der Waals surface area (Å²) in [6.07, 6.45) is 14.5. The molecule has 126 valence electrons. The molecule has 0 spiro atoms. The monoisotopic (exact) mass is 356 g/mol. The maximum Gasteiger partial charge on any atom is 0.193 e. The fraction of sp³-hybridized carbons (Fsp3) is 0.882. The van der Waals surface area contributed by atoms with Crippen molar-refractivity contribution in [3.8, 4) is 0 Å². The molecule has 21 heavy (non-hydrogen) atoms. The molecule has 0 aromatic rings. The first kappa shape index (κ1) is 21.6. The molecule has 4 heteroatoms. The fourth-order valence-corrected chi connectivity index (χ4v) is 3.17. The maximum absolute atomic E-state index is 6.14. The van der Waals surface area contributed by atoms with Gasteiger partial charge in [0.05, 0.1) is 6.10 Å². The molecule has 0 saturated heterocycles. The number of hydrogen-bond donors (Lipinski definition) is 0. The highest BCUT2D eigenvalue weighted by molar-refractivity contribution is 6.67. The van der Waals surface area contributed by atoms with Crippen LogP contribution in [0.5, 0.6) is 0 Å². The van der Waals surface area contributed by atoms with Crippen LogP contribution in [0.15, 0.2) is 12.2 Å². The molecule has 0 radical (unpaired) electrons. The Morgan fingerprint density at radius 3 is 2.10 bits per heavy atom. The van der Waals surface area contributed by atoms with E-state index in [1.807, 2.05) is 13.0 Å². The summed E-state index contributed by atoms with van der Waals surface area (Å²) >= 11 is 18.4. The lowest BCUT2D eigenvalue weighted by atomic mass is 9.95. The minimum atomic E-state index is -1.17. The zero-order valence-electron chi connectivity index (χ0n) is 13.7. The number of alkyl halides is 3. The van der Waals surface area contributed by atoms with Crippen molar-refractivity contribution in [1.29, 1.82) is 0 Å². The van der Waals surface area contributed by atoms with Gasteiger partial charge in [-0.3, -0.25) is 0 Å². The summed E-state index contributed by atoms with van der Waals surface area (Å²) in [6, 6.07) is 0. The molecule has 0 N–H and O–H groups in total. The van der Waals surface area contributed by atoms with Crippen LogP contribution < -0.4 is 0 Å². The molecule has 0 amide bonds. The summed E-state index contributed by atoms with van der Waals surface area (Å²) in [6.45, 7) is 4.23. The van der Waals surface area contributed by atoms with E-state index in [2.05, 4.69) is 13.0 Å². The predicted octanol–water partition coefficient (Wildman–Crippen LogP) is 7.09. The van der Waals surface area contributed by atoms with Gasteiger partial charge < -0.3 is 4.74 Å². The smallest absolute Gasteiger partial charge is 0.193 e. The van der Waals surface area contributed by atoms with Gasteiger partial charge in [-0.2, -0.15) is 0 Å². The normalized spacial score (nSPS) is 15.5. The molecule has 2 unspecified atom stereocenters. The summed E-state index contributed by atoms with van der Waals surface area (Å²) in [4.78, 5) is 0. The van der Waals surface area contributed by atoms with Gasteiger partial charge in [0.15, 0.2) is 3.79 Å². The van der Waals surface area contributed by atoms with Crippen LogP contribution in [0.3, 0.4) is 0 Å². The highest BCUT2D eigenvalue weighted by Gasteiger charge is 2.31. The number of unbranched alkanes of at least 4 members (excludes halogenated alkanes) is 5. The molecule has 0 rings (SSSR count). The Balaban J connectivity index is 4.10. The molecular formula is C17H31Cl3O. The molecule has 0 aliphatic rings. The predicted molar refractivity (Wildman–Crippen MR) is 96.6 cm³/mol. The summed E-state index contributed by atoms with van der Waals surface area (Å²) < 4.78 is 4.24. The van der Waals surface area contributed by atoms with Crippen molar-refractivity contribution in [2.75, 3.05) is 7.11 Å². The number of rotatable bonds is 12. The van der Waals surface area contributed by atoms with Gasteiger partial charge >= 0.3 is 0 Å². The van der Waals surface area contributed by atoms with E-state index in [1.165, 1.54) is 32.1 Å². The lowest BCUT2D eigenvalue weighted by Gasteiger charge is -2.25. The van der Waals surface area contributed by atoms with Crippen LogP contribution in [-0.4, -0.2) is 17.0 Å². The third kappa shape index (κ3) is 11.8. The Labute approximate surface area is 146 Å². The van der Waals surface area contributed by atoms with E-state index in [-0.39, 0.29) is 12.0 Å². The van der Waals surface area contributed by atoms with Gasteiger partial charge in [0.25, 0.3) is 0 Å². The summed E-state index contributed by atoms with van der Waals surface area (Å²) in [5.41, 5.74) is 0. The van der Waals surface area contributed by atoms with E-state index >= 15 is 0 Å². The largest absolute Gasteiger partial charge is 0.377 e. The first-order chi connectivity index (χ1) is 9.95. The van der Waals surface area contributed by atoms with Crippen molar-refractivity contribution >= 4 is 34.8 Å². The molecule has 0 aromatic carbocycles. The quantitative estimate of drug-likeness (QED) is 0.206. The van der Waals surface area contributed by atoms with Gasteiger partial charge in [0.2, 0.25) is 0 Å². The van der Waals surface area contributed by atoms with Crippen LogP contribution in [-0.2, 0) is 4.74 Å². The average Bonchev–Trinajstić information content (AvgIpc) is 2.42. The van der Waals surface area contributed by atoms with E-state index < -0.39 is 3.79 Å². The van der Waals surface area contributed by atoms with Gasteiger partial charge in [-0.1, -0.05) is 92.4 Å². The molecule has 0 bridgehead atoms. The lowest BCUT2D eigenvalue weighted by Crippen LogP contribution is -2.21. The van der Waals surface area contributed by atoms with Crippen molar-refractivity contribution in [2.45, 2.75) is 81.5 Å². The zero-order chi connectivity index (χ0) is 16.1. The van der Waals surface area contributed by atoms with E-state index in [0.717, 1.165) is 25.7 Å². The Morgan fingerprint density at radius 2 is 1.57 bits per heavy atom. The van der Waals surface area contributed by atoms with E-state index in [1.54, 1.807) is 7.11 Å². The summed E-state index contributed by atoms with van der Waals surface area (Å²) in [5.74, 6) is 0.108. The van der Waals surface area contributed by atoms with Gasteiger partial charge in [0.1, 0.15) is 0 Å². The third-order valence-electron chi connectivity index (χ3n) is 3.88. The molecule has 0 aliphatic heterocycles. The molecule has 0 saturated carbocycles. The molecule has 0 aliphatic carbocycles. The number of halogens is 3. The zero-order valence-corrected chi connectivity index (χ0v) is 16.0. The SMILES string of the molecule is CC=CC(CCC(CCCCCCCC)C(Cl)(Cl)Cl)OC. The van der Waals surface area contributed by atoms with Crippen LogP contribution in [0.1, 0.15) is 71.6 Å². The maximum atomic E-state index is 6.14. The molecule has 0 aromatic heterocycles. The van der Waals surface area contributed by atoms with Crippen molar-refractivity contribution in [1.82, 2.24) is 0 Å². The molecule has 2 atom stereocenters. The summed E-state index contributed by atoms with van der Waals surface area (Å²) in [7, 11) is 1.72. The standard InChI is InChI=1S/C17H31Cl3O/c1-4-6-7-8-9-10-12-15(17(18,19)20)13-14-16(21-3)11-5-2/h5,11,15-16H,4,6-10,12-14H2,1-3H3. The van der Waals surface area contributed by atoms with Crippen LogP contribution in [0.2, 0.25) is 0 Å². The van der Waals surface area contributed by atoms with Crippen molar-refractivity contribution < 1.29 is 4.74 Å². The van der Waals surface area contributed by atoms with Crippen LogP contribution in [0.25, 0.3) is 0 Å². The first-order valence-electron chi connectivity index (χ1n) is 8.18. The number of ether oxygens (including phenoxy) is 1. The lowest BCUT2D eigenvalue weighted by molar-refractivity contribution is 0.126. The Hall–Kier alpha value is 0.570. The molecule has 0 heterocycles. The van der Waals surface area contributed by atoms with Gasteiger partial charge in [-0.05, 0) is 26.2 Å². The van der Waals surface area contributed by atoms with Crippen molar-refractivity contribution in [3.05, 3.63) is 12.2 Å². The van der Waals surface area contributed by atoms with Crippen LogP contribution in [0.4, 0.5) is 0 Å². The van der Waals surface area contributed by atoms with E-state index in [4.69, 9.17) is 39.5 Å². The number of methoxy groups -OCH3 is 1. The number of hydrogen-bond acceptors (Lipinski definition) is 1. The Morgan fingerprint density at radius 1 is 0.952 bits per heavy atom. The van der Waals surface area contributed by atoms with E-state index in [0.29, 0.717) is 0 Å². The topological polar surface area (TPSA) is 9.23 Å². The van der Waals surface area contributed by atoms with Gasteiger partial charge in [-0.15, -0.1) is 0 Å². The number of allylic oxidation sites excluding steroid dienone is 1. The highest BCUT2D eigenvalue weighted by atomic mass is 35.6. The fourth-order valence-electron chi connectivity index (χ4n) is 2.52. The second kappa shape index (κ2) is 13.0. The third-order valence-corrected chi connectivity index (χ3v) is 4.80. The Kier molecular flexibility index (Phi) is 13.4. The summed E-state index contributed by atoms with van der Waals surface area (Å²) in [5, 5.41) is 0. The van der Waals surface area contributed by atoms with Crippen molar-refractivity contribution in [3.63, 3.8) is 0 Å². The minimum Gasteiger partial charge on any atom is -0.377 e. The second-order valence-corrected chi connectivity index (χ2v) is 8.04. The van der Waals surface area contributed by atoms with Gasteiger partial charge in [-0.25, -0.2) is 0 Å².